The highest BCUT2D eigenvalue weighted by Crippen LogP contribution is 2.26. The second-order valence-electron chi connectivity index (χ2n) is 9.23. The maximum Gasteiger partial charge on any atom is 0.272 e. The van der Waals surface area contributed by atoms with E-state index in [0.29, 0.717) is 37.7 Å². The standard InChI is InChI=1S/C25H35N5O4/c1-6-34-19-9-7-18(8-10-19)12-14-26-22(31)20-15-21-23(32)29(5)25(4,16-30(21)28-20)24(33)27-13-11-17(2)3/h7-10,15,17H,6,11-14,16H2,1-5H3,(H,26,31)(H,27,33). The van der Waals surface area contributed by atoms with Crippen LogP contribution >= 0.6 is 0 Å². The normalized spacial score (nSPS) is 17.5. The van der Waals surface area contributed by atoms with Gasteiger partial charge in [0.25, 0.3) is 11.8 Å². The number of benzene rings is 1. The lowest BCUT2D eigenvalue weighted by molar-refractivity contribution is -0.132. The monoisotopic (exact) mass is 469 g/mol. The van der Waals surface area contributed by atoms with Crippen LogP contribution in [0.25, 0.3) is 0 Å². The van der Waals surface area contributed by atoms with E-state index in [1.807, 2.05) is 31.2 Å². The Hall–Kier alpha value is -3.36. The van der Waals surface area contributed by atoms with E-state index in [4.69, 9.17) is 4.74 Å². The second kappa shape index (κ2) is 10.7. The van der Waals surface area contributed by atoms with Gasteiger partial charge in [-0.15, -0.1) is 0 Å². The summed E-state index contributed by atoms with van der Waals surface area (Å²) in [6.07, 6.45) is 1.51. The molecule has 0 saturated heterocycles. The third kappa shape index (κ3) is 5.58. The van der Waals surface area contributed by atoms with Crippen molar-refractivity contribution in [2.45, 2.75) is 52.6 Å². The van der Waals surface area contributed by atoms with Gasteiger partial charge in [-0.3, -0.25) is 19.1 Å². The largest absolute Gasteiger partial charge is 0.494 e. The van der Waals surface area contributed by atoms with Gasteiger partial charge in [-0.25, -0.2) is 0 Å². The molecule has 1 atom stereocenters. The van der Waals surface area contributed by atoms with E-state index in [2.05, 4.69) is 29.6 Å². The highest BCUT2D eigenvalue weighted by Gasteiger charge is 2.46. The Kier molecular flexibility index (Phi) is 7.96. The Morgan fingerprint density at radius 1 is 1.18 bits per heavy atom. The average Bonchev–Trinajstić information content (AvgIpc) is 3.22. The number of fused-ring (bicyclic) bond motifs is 1. The van der Waals surface area contributed by atoms with E-state index in [9.17, 15) is 14.4 Å². The molecule has 3 amide bonds. The summed E-state index contributed by atoms with van der Waals surface area (Å²) in [6, 6.07) is 9.23. The lowest BCUT2D eigenvalue weighted by Crippen LogP contribution is -2.62. The molecule has 2 heterocycles. The van der Waals surface area contributed by atoms with Gasteiger partial charge in [0, 0.05) is 26.2 Å². The van der Waals surface area contributed by atoms with Gasteiger partial charge in [0.05, 0.1) is 13.2 Å². The van der Waals surface area contributed by atoms with Gasteiger partial charge in [0.15, 0.2) is 5.69 Å². The molecular formula is C25H35N5O4. The lowest BCUT2D eigenvalue weighted by Gasteiger charge is -2.40. The number of nitrogens with one attached hydrogen (secondary N) is 2. The molecule has 2 aromatic rings. The first-order chi connectivity index (χ1) is 16.2. The first-order valence-corrected chi connectivity index (χ1v) is 11.8. The summed E-state index contributed by atoms with van der Waals surface area (Å²) in [6.45, 7) is 9.60. The smallest absolute Gasteiger partial charge is 0.272 e. The summed E-state index contributed by atoms with van der Waals surface area (Å²) in [5.41, 5.74) is 0.442. The third-order valence-electron chi connectivity index (χ3n) is 6.16. The fraction of sp³-hybridized carbons (Fsp3) is 0.520. The number of aromatic nitrogens is 2. The number of ether oxygens (including phenoxy) is 1. The molecular weight excluding hydrogens is 434 g/mol. The van der Waals surface area contributed by atoms with Crippen LogP contribution < -0.4 is 15.4 Å². The van der Waals surface area contributed by atoms with Crippen molar-refractivity contribution in [1.82, 2.24) is 25.3 Å². The lowest BCUT2D eigenvalue weighted by atomic mass is 9.95. The number of carbonyl (C=O) groups is 3. The van der Waals surface area contributed by atoms with Gasteiger partial charge in [-0.1, -0.05) is 26.0 Å². The zero-order chi connectivity index (χ0) is 24.9. The minimum absolute atomic E-state index is 0.160. The predicted octanol–water partition coefficient (Wildman–Crippen LogP) is 2.26. The summed E-state index contributed by atoms with van der Waals surface area (Å²) in [4.78, 5) is 40.0. The van der Waals surface area contributed by atoms with Crippen LogP contribution in [0, 0.1) is 5.92 Å². The Bertz CT molecular complexity index is 1030. The van der Waals surface area contributed by atoms with Crippen LogP contribution in [0.2, 0.25) is 0 Å². The minimum Gasteiger partial charge on any atom is -0.494 e. The highest BCUT2D eigenvalue weighted by atomic mass is 16.5. The number of nitrogens with zero attached hydrogens (tertiary/aromatic N) is 3. The molecule has 34 heavy (non-hydrogen) atoms. The quantitative estimate of drug-likeness (QED) is 0.555. The third-order valence-corrected chi connectivity index (χ3v) is 6.16. The molecule has 1 aliphatic heterocycles. The van der Waals surface area contributed by atoms with Crippen molar-refractivity contribution in [2.24, 2.45) is 5.92 Å². The Morgan fingerprint density at radius 2 is 1.88 bits per heavy atom. The Morgan fingerprint density at radius 3 is 2.53 bits per heavy atom. The fourth-order valence-electron chi connectivity index (χ4n) is 3.83. The summed E-state index contributed by atoms with van der Waals surface area (Å²) in [7, 11) is 1.61. The number of rotatable bonds is 10. The summed E-state index contributed by atoms with van der Waals surface area (Å²) in [5, 5.41) is 10.1. The zero-order valence-electron chi connectivity index (χ0n) is 20.7. The molecule has 0 radical (unpaired) electrons. The van der Waals surface area contributed by atoms with E-state index in [1.54, 1.807) is 14.0 Å². The van der Waals surface area contributed by atoms with E-state index in [0.717, 1.165) is 17.7 Å². The van der Waals surface area contributed by atoms with E-state index >= 15 is 0 Å². The first-order valence-electron chi connectivity index (χ1n) is 11.8. The number of likely N-dealkylation sites (N-methyl/N-ethyl adjacent to an activating group) is 1. The van der Waals surface area contributed by atoms with Crippen molar-refractivity contribution in [1.29, 1.82) is 0 Å². The van der Waals surface area contributed by atoms with Crippen LogP contribution in [0.15, 0.2) is 30.3 Å². The summed E-state index contributed by atoms with van der Waals surface area (Å²) >= 11 is 0. The Balaban J connectivity index is 1.62. The molecule has 0 spiro atoms. The maximum atomic E-state index is 13.0. The molecule has 0 fully saturated rings. The summed E-state index contributed by atoms with van der Waals surface area (Å²) in [5.74, 6) is 0.354. The molecule has 1 aromatic heterocycles. The van der Waals surface area contributed by atoms with E-state index < -0.39 is 5.54 Å². The van der Waals surface area contributed by atoms with Gasteiger partial charge in [0.2, 0.25) is 5.91 Å². The molecule has 184 valence electrons. The molecule has 0 saturated carbocycles. The van der Waals surface area contributed by atoms with Gasteiger partial charge in [-0.05, 0) is 50.3 Å². The van der Waals surface area contributed by atoms with Crippen LogP contribution in [0.1, 0.15) is 60.7 Å². The SMILES string of the molecule is CCOc1ccc(CCNC(=O)c2cc3n(n2)CC(C)(C(=O)NCCC(C)C)N(C)C3=O)cc1. The molecule has 3 rings (SSSR count). The number of carbonyl (C=O) groups excluding carboxylic acids is 3. The first kappa shape index (κ1) is 25.3. The number of hydrogen-bond acceptors (Lipinski definition) is 5. The molecule has 1 unspecified atom stereocenters. The molecule has 1 aliphatic rings. The van der Waals surface area contributed by atoms with E-state index in [-0.39, 0.29) is 30.0 Å². The van der Waals surface area contributed by atoms with Gasteiger partial charge >= 0.3 is 0 Å². The highest BCUT2D eigenvalue weighted by molar-refractivity contribution is 6.01. The molecule has 1 aromatic carbocycles. The number of hydrogen-bond donors (Lipinski definition) is 2. The minimum atomic E-state index is -1.09. The average molecular weight is 470 g/mol. The van der Waals surface area contributed by atoms with Gasteiger partial charge < -0.3 is 20.3 Å². The van der Waals surface area contributed by atoms with Crippen LogP contribution in [0.3, 0.4) is 0 Å². The molecule has 0 aliphatic carbocycles. The van der Waals surface area contributed by atoms with Crippen LogP contribution in [0.5, 0.6) is 5.75 Å². The second-order valence-corrected chi connectivity index (χ2v) is 9.23. The van der Waals surface area contributed by atoms with Crippen molar-refractivity contribution in [2.75, 3.05) is 26.7 Å². The van der Waals surface area contributed by atoms with Crippen molar-refractivity contribution >= 4 is 17.7 Å². The Labute approximate surface area is 200 Å². The maximum absolute atomic E-state index is 13.0. The van der Waals surface area contributed by atoms with Crippen molar-refractivity contribution in [3.8, 4) is 5.75 Å². The van der Waals surface area contributed by atoms with Crippen LogP contribution in [0.4, 0.5) is 0 Å². The zero-order valence-corrected chi connectivity index (χ0v) is 20.7. The van der Waals surface area contributed by atoms with Crippen LogP contribution in [-0.2, 0) is 17.8 Å². The summed E-state index contributed by atoms with van der Waals surface area (Å²) < 4.78 is 6.90. The topological polar surface area (TPSA) is 106 Å². The van der Waals surface area contributed by atoms with Gasteiger partial charge in [0.1, 0.15) is 17.0 Å². The van der Waals surface area contributed by atoms with Crippen molar-refractivity contribution in [3.05, 3.63) is 47.3 Å². The molecule has 2 N–H and O–H groups in total. The predicted molar refractivity (Wildman–Crippen MR) is 129 cm³/mol. The van der Waals surface area contributed by atoms with Crippen LogP contribution in [-0.4, -0.2) is 64.7 Å². The van der Waals surface area contributed by atoms with Crippen molar-refractivity contribution < 1.29 is 19.1 Å². The fourth-order valence-corrected chi connectivity index (χ4v) is 3.83. The van der Waals surface area contributed by atoms with Gasteiger partial charge in [-0.2, -0.15) is 5.10 Å². The van der Waals surface area contributed by atoms with E-state index in [1.165, 1.54) is 15.6 Å². The molecule has 9 heteroatoms. The molecule has 0 bridgehead atoms. The molecule has 9 nitrogen and oxygen atoms in total. The number of amides is 3. The van der Waals surface area contributed by atoms with Crippen molar-refractivity contribution in [3.63, 3.8) is 0 Å².